The van der Waals surface area contributed by atoms with Gasteiger partial charge < -0.3 is 14.4 Å². The highest BCUT2D eigenvalue weighted by atomic mass is 16.5. The summed E-state index contributed by atoms with van der Waals surface area (Å²) in [7, 11) is 1.30. The highest BCUT2D eigenvalue weighted by molar-refractivity contribution is 5.90. The van der Waals surface area contributed by atoms with Gasteiger partial charge in [0.2, 0.25) is 6.41 Å². The fraction of sp³-hybridized carbons (Fsp3) is 0.250. The second-order valence-electron chi connectivity index (χ2n) is 3.29. The van der Waals surface area contributed by atoms with Crippen LogP contribution in [-0.2, 0) is 14.3 Å². The fourth-order valence-electron chi connectivity index (χ4n) is 1.34. The van der Waals surface area contributed by atoms with Crippen LogP contribution in [0.1, 0.15) is 16.8 Å². The number of hydrogen-bond donors (Lipinski definition) is 0. The Hall–Kier alpha value is -2.17. The zero-order valence-corrected chi connectivity index (χ0v) is 9.46. The lowest BCUT2D eigenvalue weighted by molar-refractivity contribution is -0.108. The van der Waals surface area contributed by atoms with E-state index in [2.05, 4.69) is 4.74 Å². The molecule has 1 amide bonds. The molecule has 0 N–H and O–H groups in total. The van der Waals surface area contributed by atoms with Crippen LogP contribution in [0.2, 0.25) is 0 Å². The van der Waals surface area contributed by atoms with Crippen molar-refractivity contribution in [1.29, 1.82) is 0 Å². The Bertz CT molecular complexity index is 399. The average molecular weight is 235 g/mol. The van der Waals surface area contributed by atoms with Crippen LogP contribution in [0.4, 0.5) is 5.69 Å². The number of aldehydes is 1. The number of benzene rings is 1. The van der Waals surface area contributed by atoms with E-state index in [1.54, 1.807) is 24.3 Å². The van der Waals surface area contributed by atoms with Crippen LogP contribution in [-0.4, -0.2) is 32.3 Å². The van der Waals surface area contributed by atoms with Crippen LogP contribution in [0, 0.1) is 0 Å². The predicted molar refractivity (Wildman–Crippen MR) is 61.9 cm³/mol. The highest BCUT2D eigenvalue weighted by Crippen LogP contribution is 2.14. The number of amides is 1. The van der Waals surface area contributed by atoms with Crippen LogP contribution in [0.3, 0.4) is 0 Å². The van der Waals surface area contributed by atoms with Crippen LogP contribution in [0.5, 0.6) is 0 Å². The Morgan fingerprint density at radius 2 is 1.94 bits per heavy atom. The van der Waals surface area contributed by atoms with Crippen LogP contribution >= 0.6 is 0 Å². The maximum Gasteiger partial charge on any atom is 0.337 e. The topological polar surface area (TPSA) is 63.7 Å². The average Bonchev–Trinajstić information content (AvgIpc) is 2.39. The van der Waals surface area contributed by atoms with Crippen molar-refractivity contribution in [2.24, 2.45) is 0 Å². The van der Waals surface area contributed by atoms with E-state index in [1.165, 1.54) is 12.0 Å². The minimum Gasteiger partial charge on any atom is -0.465 e. The molecule has 0 bridgehead atoms. The summed E-state index contributed by atoms with van der Waals surface area (Å²) in [6, 6.07) is 6.40. The minimum absolute atomic E-state index is 0.275. The van der Waals surface area contributed by atoms with E-state index in [9.17, 15) is 14.4 Å². The molecule has 0 heterocycles. The zero-order valence-electron chi connectivity index (χ0n) is 9.46. The number of carbonyl (C=O) groups excluding carboxylic acids is 3. The third kappa shape index (κ3) is 3.41. The molecule has 1 rings (SSSR count). The first-order chi connectivity index (χ1) is 8.22. The summed E-state index contributed by atoms with van der Waals surface area (Å²) in [5.74, 6) is -0.429. The summed E-state index contributed by atoms with van der Waals surface area (Å²) in [5.41, 5.74) is 1.05. The smallest absolute Gasteiger partial charge is 0.337 e. The second-order valence-corrected chi connectivity index (χ2v) is 3.29. The molecule has 1 aromatic rings. The Morgan fingerprint density at radius 1 is 1.29 bits per heavy atom. The van der Waals surface area contributed by atoms with Crippen molar-refractivity contribution in [3.05, 3.63) is 29.8 Å². The summed E-state index contributed by atoms with van der Waals surface area (Å²) >= 11 is 0. The van der Waals surface area contributed by atoms with Gasteiger partial charge in [-0.2, -0.15) is 0 Å². The van der Waals surface area contributed by atoms with E-state index in [-0.39, 0.29) is 6.42 Å². The second kappa shape index (κ2) is 6.42. The molecule has 0 aliphatic rings. The van der Waals surface area contributed by atoms with Gasteiger partial charge in [0.25, 0.3) is 0 Å². The molecule has 0 unspecified atom stereocenters. The molecule has 0 saturated carbocycles. The van der Waals surface area contributed by atoms with E-state index in [1.807, 2.05) is 0 Å². The largest absolute Gasteiger partial charge is 0.465 e. The normalized spacial score (nSPS) is 9.47. The molecule has 0 fully saturated rings. The number of hydrogen-bond acceptors (Lipinski definition) is 4. The molecule has 0 aliphatic carbocycles. The number of nitrogens with zero attached hydrogens (tertiary/aromatic N) is 1. The van der Waals surface area contributed by atoms with Gasteiger partial charge >= 0.3 is 5.97 Å². The lowest BCUT2D eigenvalue weighted by atomic mass is 10.2. The Labute approximate surface area is 99.0 Å². The van der Waals surface area contributed by atoms with Gasteiger partial charge in [0.05, 0.1) is 12.7 Å². The quantitative estimate of drug-likeness (QED) is 0.545. The molecule has 0 aromatic heterocycles. The molecule has 0 atom stereocenters. The monoisotopic (exact) mass is 235 g/mol. The van der Waals surface area contributed by atoms with Crippen molar-refractivity contribution in [1.82, 2.24) is 0 Å². The van der Waals surface area contributed by atoms with Gasteiger partial charge in [-0.1, -0.05) is 0 Å². The number of carbonyl (C=O) groups is 3. The minimum atomic E-state index is -0.429. The molecular formula is C12H13NO4. The molecule has 0 spiro atoms. The Balaban J connectivity index is 2.80. The van der Waals surface area contributed by atoms with Gasteiger partial charge in [-0.25, -0.2) is 4.79 Å². The number of anilines is 1. The first-order valence-corrected chi connectivity index (χ1v) is 5.07. The van der Waals surface area contributed by atoms with Gasteiger partial charge in [-0.15, -0.1) is 0 Å². The molecule has 0 saturated heterocycles. The third-order valence-corrected chi connectivity index (χ3v) is 2.24. The van der Waals surface area contributed by atoms with Crippen molar-refractivity contribution in [2.45, 2.75) is 6.42 Å². The third-order valence-electron chi connectivity index (χ3n) is 2.24. The number of rotatable bonds is 6. The van der Waals surface area contributed by atoms with Crippen molar-refractivity contribution in [2.75, 3.05) is 18.6 Å². The van der Waals surface area contributed by atoms with Gasteiger partial charge in [0, 0.05) is 18.7 Å². The maximum atomic E-state index is 11.2. The van der Waals surface area contributed by atoms with E-state index in [0.717, 1.165) is 6.29 Å². The molecule has 0 radical (unpaired) electrons. The zero-order chi connectivity index (χ0) is 12.7. The van der Waals surface area contributed by atoms with Gasteiger partial charge in [0.1, 0.15) is 6.29 Å². The molecule has 1 aromatic carbocycles. The van der Waals surface area contributed by atoms with Crippen LogP contribution in [0.25, 0.3) is 0 Å². The van der Waals surface area contributed by atoms with Gasteiger partial charge in [0.15, 0.2) is 0 Å². The molecule has 17 heavy (non-hydrogen) atoms. The molecule has 5 nitrogen and oxygen atoms in total. The number of ether oxygens (including phenoxy) is 1. The SMILES string of the molecule is COC(=O)c1ccc(N(C=O)CCC=O)cc1. The molecular weight excluding hydrogens is 222 g/mol. The van der Waals surface area contributed by atoms with E-state index >= 15 is 0 Å². The number of esters is 1. The first-order valence-electron chi connectivity index (χ1n) is 5.07. The molecule has 5 heteroatoms. The maximum absolute atomic E-state index is 11.2. The van der Waals surface area contributed by atoms with Crippen LogP contribution < -0.4 is 4.90 Å². The summed E-state index contributed by atoms with van der Waals surface area (Å²) in [4.78, 5) is 33.6. The lowest BCUT2D eigenvalue weighted by Crippen LogP contribution is -2.22. The molecule has 0 aliphatic heterocycles. The highest BCUT2D eigenvalue weighted by Gasteiger charge is 2.07. The standard InChI is InChI=1S/C12H13NO4/c1-17-12(16)10-3-5-11(6-4-10)13(9-15)7-2-8-14/h3-6,8-9H,2,7H2,1H3. The first kappa shape index (κ1) is 12.9. The fourth-order valence-corrected chi connectivity index (χ4v) is 1.34. The van der Waals surface area contributed by atoms with Crippen molar-refractivity contribution >= 4 is 24.4 Å². The van der Waals surface area contributed by atoms with Gasteiger partial charge in [-0.3, -0.25) is 4.79 Å². The summed E-state index contributed by atoms with van der Waals surface area (Å²) in [6.07, 6.45) is 1.67. The summed E-state index contributed by atoms with van der Waals surface area (Å²) in [5, 5.41) is 0. The summed E-state index contributed by atoms with van der Waals surface area (Å²) < 4.78 is 4.56. The predicted octanol–water partition coefficient (Wildman–Crippen LogP) is 1.02. The van der Waals surface area contributed by atoms with Crippen LogP contribution in [0.15, 0.2) is 24.3 Å². The molecule has 90 valence electrons. The summed E-state index contributed by atoms with van der Waals surface area (Å²) in [6.45, 7) is 0.324. The number of methoxy groups -OCH3 is 1. The Morgan fingerprint density at radius 3 is 2.41 bits per heavy atom. The Kier molecular flexibility index (Phi) is 4.87. The van der Waals surface area contributed by atoms with Crippen molar-refractivity contribution < 1.29 is 19.1 Å². The van der Waals surface area contributed by atoms with Crippen molar-refractivity contribution in [3.63, 3.8) is 0 Å². The van der Waals surface area contributed by atoms with E-state index in [4.69, 9.17) is 0 Å². The van der Waals surface area contributed by atoms with Gasteiger partial charge in [-0.05, 0) is 24.3 Å². The van der Waals surface area contributed by atoms with Crippen molar-refractivity contribution in [3.8, 4) is 0 Å². The van der Waals surface area contributed by atoms with E-state index in [0.29, 0.717) is 24.2 Å². The van der Waals surface area contributed by atoms with E-state index < -0.39 is 5.97 Å². The lowest BCUT2D eigenvalue weighted by Gasteiger charge is -2.16.